The maximum atomic E-state index is 4.57. The number of hydrogen-bond acceptors (Lipinski definition) is 4. The summed E-state index contributed by atoms with van der Waals surface area (Å²) in [6.45, 7) is 4.12. The van der Waals surface area contributed by atoms with E-state index in [0.717, 1.165) is 32.0 Å². The molecule has 4 rings (SSSR count). The fraction of sp³-hybridized carbons (Fsp3) is 0.227. The fourth-order valence-electron chi connectivity index (χ4n) is 3.42. The van der Waals surface area contributed by atoms with Gasteiger partial charge in [-0.2, -0.15) is 0 Å². The van der Waals surface area contributed by atoms with Crippen molar-refractivity contribution in [2.75, 3.05) is 36.4 Å². The monoisotopic (exact) mass is 344 g/mol. The summed E-state index contributed by atoms with van der Waals surface area (Å²) < 4.78 is 0. The Balaban J connectivity index is 1.62. The second-order valence-corrected chi connectivity index (χ2v) is 6.54. The molecule has 132 valence electrons. The first-order chi connectivity index (χ1) is 12.9. The lowest BCUT2D eigenvalue weighted by Crippen LogP contribution is -2.43. The molecule has 2 N–H and O–H groups in total. The lowest BCUT2D eigenvalue weighted by atomic mass is 9.99. The molecule has 1 saturated heterocycles. The minimum Gasteiger partial charge on any atom is -0.369 e. The number of piperazine rings is 1. The van der Waals surface area contributed by atoms with Crippen molar-refractivity contribution in [2.24, 2.45) is 0 Å². The number of pyridine rings is 1. The zero-order valence-corrected chi connectivity index (χ0v) is 14.8. The van der Waals surface area contributed by atoms with Gasteiger partial charge in [-0.25, -0.2) is 4.98 Å². The van der Waals surface area contributed by atoms with Crippen molar-refractivity contribution in [1.82, 2.24) is 10.3 Å². The number of nitrogens with one attached hydrogen (secondary N) is 2. The van der Waals surface area contributed by atoms with E-state index in [1.807, 2.05) is 6.20 Å². The maximum Gasteiger partial charge on any atom is 0.128 e. The smallest absolute Gasteiger partial charge is 0.128 e. The van der Waals surface area contributed by atoms with Gasteiger partial charge in [0.05, 0.1) is 6.04 Å². The van der Waals surface area contributed by atoms with Gasteiger partial charge in [-0.3, -0.25) is 0 Å². The molecule has 4 nitrogen and oxygen atoms in total. The van der Waals surface area contributed by atoms with Crippen LogP contribution < -0.4 is 15.5 Å². The van der Waals surface area contributed by atoms with Crippen LogP contribution >= 0.6 is 0 Å². The van der Waals surface area contributed by atoms with Gasteiger partial charge in [0, 0.05) is 44.1 Å². The average molecular weight is 344 g/mol. The molecule has 2 aromatic carbocycles. The molecular formula is C22H24N4. The Morgan fingerprint density at radius 2 is 1.46 bits per heavy atom. The Morgan fingerprint density at radius 1 is 0.846 bits per heavy atom. The molecule has 0 spiro atoms. The van der Waals surface area contributed by atoms with E-state index < -0.39 is 0 Å². The molecular weight excluding hydrogens is 320 g/mol. The third kappa shape index (κ3) is 3.86. The van der Waals surface area contributed by atoms with Crippen LogP contribution in [0, 0.1) is 0 Å². The van der Waals surface area contributed by atoms with Gasteiger partial charge in [0.1, 0.15) is 5.82 Å². The molecule has 0 saturated carbocycles. The molecule has 3 aromatic rings. The summed E-state index contributed by atoms with van der Waals surface area (Å²) in [4.78, 5) is 6.98. The Bertz CT molecular complexity index is 774. The SMILES string of the molecule is c1ccc(C(Nc2cc(N3CCNCC3)ccn2)c2ccccc2)cc1. The second-order valence-electron chi connectivity index (χ2n) is 6.54. The largest absolute Gasteiger partial charge is 0.369 e. The highest BCUT2D eigenvalue weighted by molar-refractivity contribution is 5.56. The molecule has 1 aliphatic heterocycles. The third-order valence-electron chi connectivity index (χ3n) is 4.78. The molecule has 0 unspecified atom stereocenters. The normalized spacial score (nSPS) is 14.4. The topological polar surface area (TPSA) is 40.2 Å². The van der Waals surface area contributed by atoms with Crippen LogP contribution in [0.2, 0.25) is 0 Å². The maximum absolute atomic E-state index is 4.57. The molecule has 0 radical (unpaired) electrons. The van der Waals surface area contributed by atoms with Gasteiger partial charge < -0.3 is 15.5 Å². The Morgan fingerprint density at radius 3 is 2.08 bits per heavy atom. The van der Waals surface area contributed by atoms with Crippen LogP contribution in [0.5, 0.6) is 0 Å². The minimum atomic E-state index is 0.0724. The molecule has 1 fully saturated rings. The average Bonchev–Trinajstić information content (AvgIpc) is 2.74. The van der Waals surface area contributed by atoms with Gasteiger partial charge >= 0.3 is 0 Å². The molecule has 0 bridgehead atoms. The third-order valence-corrected chi connectivity index (χ3v) is 4.78. The molecule has 1 aromatic heterocycles. The number of nitrogens with zero attached hydrogens (tertiary/aromatic N) is 2. The standard InChI is InChI=1S/C22H24N4/c1-3-7-18(8-4-1)22(19-9-5-2-6-10-19)25-21-17-20(11-12-24-21)26-15-13-23-14-16-26/h1-12,17,22-23H,13-16H2,(H,24,25). The van der Waals surface area contributed by atoms with Crippen LogP contribution in [0.4, 0.5) is 11.5 Å². The zero-order valence-electron chi connectivity index (χ0n) is 14.8. The molecule has 4 heteroatoms. The number of benzene rings is 2. The first-order valence-corrected chi connectivity index (χ1v) is 9.18. The summed E-state index contributed by atoms with van der Waals surface area (Å²) in [7, 11) is 0. The lowest BCUT2D eigenvalue weighted by molar-refractivity contribution is 0.589. The minimum absolute atomic E-state index is 0.0724. The van der Waals surface area contributed by atoms with Crippen LogP contribution in [-0.4, -0.2) is 31.2 Å². The van der Waals surface area contributed by atoms with Gasteiger partial charge in [0.15, 0.2) is 0 Å². The number of rotatable bonds is 5. The van der Waals surface area contributed by atoms with E-state index in [4.69, 9.17) is 0 Å². The van der Waals surface area contributed by atoms with E-state index in [1.54, 1.807) is 0 Å². The summed E-state index contributed by atoms with van der Waals surface area (Å²) in [6.07, 6.45) is 1.90. The van der Waals surface area contributed by atoms with E-state index in [-0.39, 0.29) is 6.04 Å². The molecule has 1 aliphatic rings. The molecule has 2 heterocycles. The Kier molecular flexibility index (Phi) is 5.12. The highest BCUT2D eigenvalue weighted by Crippen LogP contribution is 2.27. The molecule has 0 atom stereocenters. The Hall–Kier alpha value is -2.85. The van der Waals surface area contributed by atoms with Gasteiger partial charge in [-0.05, 0) is 17.2 Å². The summed E-state index contributed by atoms with van der Waals surface area (Å²) in [5, 5.41) is 7.04. The first-order valence-electron chi connectivity index (χ1n) is 9.18. The Labute approximate surface area is 154 Å². The van der Waals surface area contributed by atoms with Crippen molar-refractivity contribution in [1.29, 1.82) is 0 Å². The zero-order chi connectivity index (χ0) is 17.6. The van der Waals surface area contributed by atoms with E-state index in [0.29, 0.717) is 0 Å². The van der Waals surface area contributed by atoms with Crippen LogP contribution in [0.1, 0.15) is 17.2 Å². The van der Waals surface area contributed by atoms with Crippen molar-refractivity contribution >= 4 is 11.5 Å². The summed E-state index contributed by atoms with van der Waals surface area (Å²) >= 11 is 0. The van der Waals surface area contributed by atoms with E-state index in [2.05, 4.69) is 93.3 Å². The number of aromatic nitrogens is 1. The number of anilines is 2. The lowest BCUT2D eigenvalue weighted by Gasteiger charge is -2.30. The summed E-state index contributed by atoms with van der Waals surface area (Å²) in [5.41, 5.74) is 3.69. The number of hydrogen-bond donors (Lipinski definition) is 2. The van der Waals surface area contributed by atoms with Crippen LogP contribution in [0.25, 0.3) is 0 Å². The second kappa shape index (κ2) is 8.02. The van der Waals surface area contributed by atoms with E-state index in [1.165, 1.54) is 16.8 Å². The van der Waals surface area contributed by atoms with Gasteiger partial charge in [-0.1, -0.05) is 60.7 Å². The quantitative estimate of drug-likeness (QED) is 0.740. The van der Waals surface area contributed by atoms with Crippen LogP contribution in [-0.2, 0) is 0 Å². The fourth-order valence-corrected chi connectivity index (χ4v) is 3.42. The van der Waals surface area contributed by atoms with Gasteiger partial charge in [0.2, 0.25) is 0 Å². The molecule has 0 amide bonds. The van der Waals surface area contributed by atoms with E-state index >= 15 is 0 Å². The van der Waals surface area contributed by atoms with Crippen molar-refractivity contribution in [3.8, 4) is 0 Å². The summed E-state index contributed by atoms with van der Waals surface area (Å²) in [6, 6.07) is 25.4. The van der Waals surface area contributed by atoms with E-state index in [9.17, 15) is 0 Å². The van der Waals surface area contributed by atoms with Crippen molar-refractivity contribution in [2.45, 2.75) is 6.04 Å². The highest BCUT2D eigenvalue weighted by atomic mass is 15.2. The first kappa shape index (κ1) is 16.6. The predicted molar refractivity (Wildman–Crippen MR) is 108 cm³/mol. The molecule has 26 heavy (non-hydrogen) atoms. The van der Waals surface area contributed by atoms with Gasteiger partial charge in [-0.15, -0.1) is 0 Å². The highest BCUT2D eigenvalue weighted by Gasteiger charge is 2.16. The van der Waals surface area contributed by atoms with Crippen molar-refractivity contribution in [3.63, 3.8) is 0 Å². The summed E-state index contributed by atoms with van der Waals surface area (Å²) in [5.74, 6) is 0.902. The van der Waals surface area contributed by atoms with Crippen molar-refractivity contribution in [3.05, 3.63) is 90.1 Å². The van der Waals surface area contributed by atoms with Gasteiger partial charge in [0.25, 0.3) is 0 Å². The van der Waals surface area contributed by atoms with Crippen LogP contribution in [0.3, 0.4) is 0 Å². The van der Waals surface area contributed by atoms with Crippen LogP contribution in [0.15, 0.2) is 79.0 Å². The van der Waals surface area contributed by atoms with Crippen molar-refractivity contribution < 1.29 is 0 Å². The molecule has 0 aliphatic carbocycles. The predicted octanol–water partition coefficient (Wildman–Crippen LogP) is 3.69.